The number of ether oxygens (including phenoxy) is 1. The molecule has 0 radical (unpaired) electrons. The summed E-state index contributed by atoms with van der Waals surface area (Å²) >= 11 is 1.36. The molecule has 0 unspecified atom stereocenters. The Kier molecular flexibility index (Phi) is 6.09. The van der Waals surface area contributed by atoms with Crippen LogP contribution in [0.15, 0.2) is 48.5 Å². The molecule has 0 aliphatic rings. The SMILES string of the molecule is COc1ccc(-c2nnc(NC(=O)CCc3ccc(C(C)(C)C)cc3)s2)cc1. The molecule has 0 bridgehead atoms. The van der Waals surface area contributed by atoms with Crippen molar-refractivity contribution in [3.05, 3.63) is 59.7 Å². The van der Waals surface area contributed by atoms with Gasteiger partial charge in [-0.3, -0.25) is 4.79 Å². The second-order valence-electron chi connectivity index (χ2n) is 7.64. The van der Waals surface area contributed by atoms with Crippen LogP contribution in [-0.4, -0.2) is 23.2 Å². The average molecular weight is 396 g/mol. The molecule has 2 aromatic carbocycles. The maximum atomic E-state index is 12.3. The second kappa shape index (κ2) is 8.52. The van der Waals surface area contributed by atoms with Gasteiger partial charge in [-0.05, 0) is 47.2 Å². The smallest absolute Gasteiger partial charge is 0.226 e. The van der Waals surface area contributed by atoms with Gasteiger partial charge in [-0.1, -0.05) is 56.4 Å². The molecule has 0 aliphatic heterocycles. The number of rotatable bonds is 6. The molecule has 3 aromatic rings. The molecule has 0 saturated heterocycles. The summed E-state index contributed by atoms with van der Waals surface area (Å²) < 4.78 is 5.16. The van der Waals surface area contributed by atoms with Crippen LogP contribution in [-0.2, 0) is 16.6 Å². The van der Waals surface area contributed by atoms with Crippen LogP contribution >= 0.6 is 11.3 Å². The summed E-state index contributed by atoms with van der Waals surface area (Å²) in [6.45, 7) is 6.58. The Labute approximate surface area is 169 Å². The van der Waals surface area contributed by atoms with Crippen molar-refractivity contribution in [1.29, 1.82) is 0 Å². The van der Waals surface area contributed by atoms with E-state index in [2.05, 4.69) is 60.6 Å². The third kappa shape index (κ3) is 5.16. The number of methoxy groups -OCH3 is 1. The molecule has 1 amide bonds. The number of anilines is 1. The van der Waals surface area contributed by atoms with Gasteiger partial charge in [0.2, 0.25) is 11.0 Å². The molecule has 3 rings (SSSR count). The lowest BCUT2D eigenvalue weighted by molar-refractivity contribution is -0.116. The van der Waals surface area contributed by atoms with Crippen LogP contribution < -0.4 is 10.1 Å². The van der Waals surface area contributed by atoms with Crippen molar-refractivity contribution >= 4 is 22.4 Å². The van der Waals surface area contributed by atoms with Crippen LogP contribution in [0.4, 0.5) is 5.13 Å². The number of carbonyl (C=O) groups is 1. The molecular weight excluding hydrogens is 370 g/mol. The number of nitrogens with zero attached hydrogens (tertiary/aromatic N) is 2. The summed E-state index contributed by atoms with van der Waals surface area (Å²) in [5, 5.41) is 12.3. The minimum absolute atomic E-state index is 0.0580. The van der Waals surface area contributed by atoms with Crippen molar-refractivity contribution in [1.82, 2.24) is 10.2 Å². The summed E-state index contributed by atoms with van der Waals surface area (Å²) in [5.74, 6) is 0.731. The number of amides is 1. The minimum atomic E-state index is -0.0580. The van der Waals surface area contributed by atoms with Crippen LogP contribution in [0, 0.1) is 0 Å². The molecule has 0 aliphatic carbocycles. The van der Waals surface area contributed by atoms with E-state index < -0.39 is 0 Å². The van der Waals surface area contributed by atoms with Gasteiger partial charge in [0.05, 0.1) is 7.11 Å². The van der Waals surface area contributed by atoms with E-state index in [1.165, 1.54) is 16.9 Å². The van der Waals surface area contributed by atoms with Gasteiger partial charge >= 0.3 is 0 Å². The number of nitrogens with one attached hydrogen (secondary N) is 1. The molecule has 0 spiro atoms. The van der Waals surface area contributed by atoms with Gasteiger partial charge in [0, 0.05) is 12.0 Å². The molecule has 0 saturated carbocycles. The number of carbonyl (C=O) groups excluding carboxylic acids is 1. The average Bonchev–Trinajstić information content (AvgIpc) is 3.14. The predicted octanol–water partition coefficient (Wildman–Crippen LogP) is 5.08. The highest BCUT2D eigenvalue weighted by Crippen LogP contribution is 2.28. The quantitative estimate of drug-likeness (QED) is 0.632. The van der Waals surface area contributed by atoms with Crippen LogP contribution in [0.1, 0.15) is 38.3 Å². The van der Waals surface area contributed by atoms with Gasteiger partial charge in [0.25, 0.3) is 0 Å². The van der Waals surface area contributed by atoms with Crippen LogP contribution in [0.2, 0.25) is 0 Å². The lowest BCUT2D eigenvalue weighted by Crippen LogP contribution is -2.13. The summed E-state index contributed by atoms with van der Waals surface area (Å²) in [4.78, 5) is 12.3. The molecule has 0 atom stereocenters. The number of aryl methyl sites for hydroxylation is 1. The van der Waals surface area contributed by atoms with Gasteiger partial charge < -0.3 is 10.1 Å². The fraction of sp³-hybridized carbons (Fsp3) is 0.318. The summed E-state index contributed by atoms with van der Waals surface area (Å²) in [6, 6.07) is 16.1. The standard InChI is InChI=1S/C22H25N3O2S/c1-22(2,3)17-10-5-15(6-11-17)7-14-19(26)23-21-25-24-20(28-21)16-8-12-18(27-4)13-9-16/h5-6,8-13H,7,14H2,1-4H3,(H,23,25,26). The number of benzene rings is 2. The maximum Gasteiger partial charge on any atom is 0.226 e. The van der Waals surface area contributed by atoms with Crippen molar-refractivity contribution in [2.45, 2.75) is 39.0 Å². The van der Waals surface area contributed by atoms with Crippen molar-refractivity contribution in [3.8, 4) is 16.3 Å². The van der Waals surface area contributed by atoms with E-state index in [1.54, 1.807) is 7.11 Å². The molecule has 5 nitrogen and oxygen atoms in total. The van der Waals surface area contributed by atoms with Gasteiger partial charge in [0.1, 0.15) is 10.8 Å². The lowest BCUT2D eigenvalue weighted by Gasteiger charge is -2.19. The van der Waals surface area contributed by atoms with Crippen molar-refractivity contribution in [2.24, 2.45) is 0 Å². The zero-order valence-electron chi connectivity index (χ0n) is 16.7. The second-order valence-corrected chi connectivity index (χ2v) is 8.61. The lowest BCUT2D eigenvalue weighted by atomic mass is 9.86. The Morgan fingerprint density at radius 3 is 2.32 bits per heavy atom. The normalized spacial score (nSPS) is 11.3. The minimum Gasteiger partial charge on any atom is -0.497 e. The molecule has 28 heavy (non-hydrogen) atoms. The number of aromatic nitrogens is 2. The zero-order valence-corrected chi connectivity index (χ0v) is 17.5. The zero-order chi connectivity index (χ0) is 20.1. The third-order valence-corrected chi connectivity index (χ3v) is 5.36. The van der Waals surface area contributed by atoms with Crippen molar-refractivity contribution in [2.75, 3.05) is 12.4 Å². The fourth-order valence-corrected chi connectivity index (χ4v) is 3.50. The van der Waals surface area contributed by atoms with E-state index in [0.29, 0.717) is 18.0 Å². The van der Waals surface area contributed by atoms with E-state index in [9.17, 15) is 4.79 Å². The van der Waals surface area contributed by atoms with E-state index in [4.69, 9.17) is 4.74 Å². The van der Waals surface area contributed by atoms with E-state index in [-0.39, 0.29) is 11.3 Å². The molecule has 1 N–H and O–H groups in total. The molecule has 146 valence electrons. The first-order chi connectivity index (χ1) is 13.3. The molecule has 0 fully saturated rings. The first-order valence-corrected chi connectivity index (χ1v) is 10.0. The van der Waals surface area contributed by atoms with Gasteiger partial charge in [-0.25, -0.2) is 0 Å². The largest absolute Gasteiger partial charge is 0.497 e. The Morgan fingerprint density at radius 1 is 1.04 bits per heavy atom. The van der Waals surface area contributed by atoms with Crippen molar-refractivity contribution < 1.29 is 9.53 Å². The maximum absolute atomic E-state index is 12.3. The van der Waals surface area contributed by atoms with Gasteiger partial charge in [-0.15, -0.1) is 10.2 Å². The van der Waals surface area contributed by atoms with Crippen LogP contribution in [0.5, 0.6) is 5.75 Å². The van der Waals surface area contributed by atoms with E-state index in [1.807, 2.05) is 24.3 Å². The summed E-state index contributed by atoms with van der Waals surface area (Å²) in [6.07, 6.45) is 1.10. The number of hydrogen-bond acceptors (Lipinski definition) is 5. The highest BCUT2D eigenvalue weighted by Gasteiger charge is 2.13. The molecule has 1 heterocycles. The van der Waals surface area contributed by atoms with Crippen LogP contribution in [0.25, 0.3) is 10.6 Å². The van der Waals surface area contributed by atoms with Gasteiger partial charge in [0.15, 0.2) is 0 Å². The summed E-state index contributed by atoms with van der Waals surface area (Å²) in [7, 11) is 1.63. The fourth-order valence-electron chi connectivity index (χ4n) is 2.74. The molecule has 1 aromatic heterocycles. The van der Waals surface area contributed by atoms with E-state index >= 15 is 0 Å². The number of hydrogen-bond donors (Lipinski definition) is 1. The van der Waals surface area contributed by atoms with Crippen molar-refractivity contribution in [3.63, 3.8) is 0 Å². The summed E-state index contributed by atoms with van der Waals surface area (Å²) in [5.41, 5.74) is 3.52. The Bertz CT molecular complexity index is 926. The monoisotopic (exact) mass is 395 g/mol. The highest BCUT2D eigenvalue weighted by molar-refractivity contribution is 7.18. The molecular formula is C22H25N3O2S. The Hall–Kier alpha value is -2.73. The van der Waals surface area contributed by atoms with Crippen LogP contribution in [0.3, 0.4) is 0 Å². The third-order valence-electron chi connectivity index (χ3n) is 4.47. The molecule has 6 heteroatoms. The topological polar surface area (TPSA) is 64.1 Å². The first-order valence-electron chi connectivity index (χ1n) is 9.22. The van der Waals surface area contributed by atoms with Gasteiger partial charge in [-0.2, -0.15) is 0 Å². The first kappa shape index (κ1) is 20.0. The Balaban J connectivity index is 1.54. The Morgan fingerprint density at radius 2 is 1.71 bits per heavy atom. The highest BCUT2D eigenvalue weighted by atomic mass is 32.1. The predicted molar refractivity (Wildman–Crippen MR) is 114 cm³/mol. The van der Waals surface area contributed by atoms with E-state index in [0.717, 1.165) is 21.9 Å².